The van der Waals surface area contributed by atoms with E-state index in [1.165, 1.54) is 0 Å². The van der Waals surface area contributed by atoms with Crippen LogP contribution in [0.4, 0.5) is 0 Å². The molecule has 0 fully saturated rings. The van der Waals surface area contributed by atoms with Crippen molar-refractivity contribution in [3.8, 4) is 12.1 Å². The Hall–Kier alpha value is -1.02. The van der Waals surface area contributed by atoms with Crippen molar-refractivity contribution >= 4 is 0 Å². The zero-order valence-corrected chi connectivity index (χ0v) is 6.01. The van der Waals surface area contributed by atoms with Gasteiger partial charge in [0.05, 0.1) is 12.1 Å². The van der Waals surface area contributed by atoms with Crippen LogP contribution >= 0.6 is 0 Å². The summed E-state index contributed by atoms with van der Waals surface area (Å²) in [6, 6.07) is 4.13. The van der Waals surface area contributed by atoms with Crippen LogP contribution in [0.15, 0.2) is 0 Å². The number of rotatable bonds is 4. The molecule has 10 heavy (non-hydrogen) atoms. The molecule has 1 radical (unpaired) electrons. The minimum absolute atomic E-state index is 0.324. The Morgan fingerprint density at radius 3 is 2.40 bits per heavy atom. The second-order valence-corrected chi connectivity index (χ2v) is 2.21. The van der Waals surface area contributed by atoms with E-state index in [1.807, 2.05) is 0 Å². The Kier molecular flexibility index (Phi) is 5.48. The van der Waals surface area contributed by atoms with E-state index < -0.39 is 0 Å². The average Bonchev–Trinajstić information content (AvgIpc) is 1.98. The van der Waals surface area contributed by atoms with Crippen LogP contribution in [-0.2, 0) is 0 Å². The zero-order chi connectivity index (χ0) is 7.82. The Morgan fingerprint density at radius 2 is 2.00 bits per heavy atom. The Bertz CT molecular complexity index is 150. The van der Waals surface area contributed by atoms with Crippen molar-refractivity contribution in [1.82, 2.24) is 0 Å². The van der Waals surface area contributed by atoms with E-state index in [2.05, 4.69) is 19.1 Å². The molecule has 1 unspecified atom stereocenters. The number of nitrogens with zero attached hydrogens (tertiary/aromatic N) is 2. The standard InChI is InChI=1S/C8H11N2/c1-2-8(5-7-10)4-3-6-9/h8H,1-5H2. The van der Waals surface area contributed by atoms with Crippen LogP contribution in [0.25, 0.3) is 0 Å². The molecule has 0 aliphatic heterocycles. The number of nitriles is 2. The molecule has 0 aromatic rings. The van der Waals surface area contributed by atoms with Crippen LogP contribution in [-0.4, -0.2) is 0 Å². The minimum Gasteiger partial charge on any atom is -0.198 e. The van der Waals surface area contributed by atoms with E-state index in [1.54, 1.807) is 0 Å². The van der Waals surface area contributed by atoms with Gasteiger partial charge in [0.25, 0.3) is 0 Å². The molecule has 53 valence electrons. The fraction of sp³-hybridized carbons (Fsp3) is 0.625. The van der Waals surface area contributed by atoms with Gasteiger partial charge in [0.1, 0.15) is 0 Å². The van der Waals surface area contributed by atoms with Gasteiger partial charge in [-0.1, -0.05) is 6.92 Å². The van der Waals surface area contributed by atoms with Gasteiger partial charge < -0.3 is 0 Å². The summed E-state index contributed by atoms with van der Waals surface area (Å²) in [5.41, 5.74) is 0. The lowest BCUT2D eigenvalue weighted by molar-refractivity contribution is 0.508. The lowest BCUT2D eigenvalue weighted by Crippen LogP contribution is -1.96. The van der Waals surface area contributed by atoms with Gasteiger partial charge >= 0.3 is 0 Å². The molecule has 2 heteroatoms. The fourth-order valence-electron chi connectivity index (χ4n) is 0.746. The van der Waals surface area contributed by atoms with Crippen molar-refractivity contribution in [2.45, 2.75) is 25.7 Å². The van der Waals surface area contributed by atoms with Gasteiger partial charge in [-0.25, -0.2) is 0 Å². The van der Waals surface area contributed by atoms with E-state index >= 15 is 0 Å². The maximum absolute atomic E-state index is 8.31. The third-order valence-electron chi connectivity index (χ3n) is 1.45. The first-order valence-corrected chi connectivity index (χ1v) is 3.38. The second kappa shape index (κ2) is 6.11. The van der Waals surface area contributed by atoms with Gasteiger partial charge in [-0.2, -0.15) is 10.5 Å². The molecule has 0 aromatic heterocycles. The molecule has 1 atom stereocenters. The molecule has 0 heterocycles. The number of hydrogen-bond acceptors (Lipinski definition) is 2. The molecule has 0 aromatic carbocycles. The van der Waals surface area contributed by atoms with Crippen molar-refractivity contribution in [3.63, 3.8) is 0 Å². The molecule has 2 nitrogen and oxygen atoms in total. The average molecular weight is 135 g/mol. The lowest BCUT2D eigenvalue weighted by atomic mass is 9.98. The second-order valence-electron chi connectivity index (χ2n) is 2.21. The van der Waals surface area contributed by atoms with Crippen LogP contribution in [0.3, 0.4) is 0 Å². The molecule has 0 aliphatic carbocycles. The molecule has 0 saturated heterocycles. The molecule has 0 N–H and O–H groups in total. The van der Waals surface area contributed by atoms with Crippen LogP contribution in [0, 0.1) is 35.5 Å². The molecule has 0 saturated carbocycles. The van der Waals surface area contributed by atoms with E-state index in [-0.39, 0.29) is 0 Å². The molecule has 0 bridgehead atoms. The van der Waals surface area contributed by atoms with Gasteiger partial charge in [0.2, 0.25) is 0 Å². The van der Waals surface area contributed by atoms with Gasteiger partial charge in [-0.05, 0) is 18.8 Å². The maximum atomic E-state index is 8.31. The third kappa shape index (κ3) is 3.92. The van der Waals surface area contributed by atoms with Gasteiger partial charge in [0.15, 0.2) is 0 Å². The minimum atomic E-state index is 0.324. The first-order valence-electron chi connectivity index (χ1n) is 3.38. The molecule has 0 amide bonds. The highest BCUT2D eigenvalue weighted by Gasteiger charge is 2.03. The van der Waals surface area contributed by atoms with E-state index in [9.17, 15) is 0 Å². The van der Waals surface area contributed by atoms with E-state index in [0.29, 0.717) is 18.8 Å². The third-order valence-corrected chi connectivity index (χ3v) is 1.45. The van der Waals surface area contributed by atoms with E-state index in [0.717, 1.165) is 12.8 Å². The normalized spacial score (nSPS) is 11.5. The van der Waals surface area contributed by atoms with E-state index in [4.69, 9.17) is 10.5 Å². The molecular formula is C8H11N2. The van der Waals surface area contributed by atoms with Crippen LogP contribution in [0.2, 0.25) is 0 Å². The molecule has 0 spiro atoms. The first-order chi connectivity index (χ1) is 4.85. The molecule has 0 aliphatic rings. The smallest absolute Gasteiger partial charge is 0.0624 e. The van der Waals surface area contributed by atoms with Crippen molar-refractivity contribution in [2.24, 2.45) is 5.92 Å². The monoisotopic (exact) mass is 135 g/mol. The zero-order valence-electron chi connectivity index (χ0n) is 6.01. The fourth-order valence-corrected chi connectivity index (χ4v) is 0.746. The lowest BCUT2D eigenvalue weighted by Gasteiger charge is -2.05. The summed E-state index contributed by atoms with van der Waals surface area (Å²) in [7, 11) is 0. The SMILES string of the molecule is [CH2]CC(CC#N)CCC#N. The highest BCUT2D eigenvalue weighted by molar-refractivity contribution is 4.79. The molecular weight excluding hydrogens is 124 g/mol. The van der Waals surface area contributed by atoms with Crippen molar-refractivity contribution in [3.05, 3.63) is 6.92 Å². The van der Waals surface area contributed by atoms with Crippen LogP contribution in [0.5, 0.6) is 0 Å². The quantitative estimate of drug-likeness (QED) is 0.592. The Morgan fingerprint density at radius 1 is 1.30 bits per heavy atom. The summed E-state index contributed by atoms with van der Waals surface area (Å²) in [5.74, 6) is 0.324. The van der Waals surface area contributed by atoms with Gasteiger partial charge in [-0.15, -0.1) is 0 Å². The predicted octanol–water partition coefficient (Wildman–Crippen LogP) is 2.04. The van der Waals surface area contributed by atoms with Crippen molar-refractivity contribution < 1.29 is 0 Å². The highest BCUT2D eigenvalue weighted by atomic mass is 14.3. The summed E-state index contributed by atoms with van der Waals surface area (Å²) in [6.07, 6.45) is 2.65. The predicted molar refractivity (Wildman–Crippen MR) is 38.5 cm³/mol. The van der Waals surface area contributed by atoms with Crippen LogP contribution in [0.1, 0.15) is 25.7 Å². The highest BCUT2D eigenvalue weighted by Crippen LogP contribution is 2.13. The van der Waals surface area contributed by atoms with Gasteiger partial charge in [0, 0.05) is 12.8 Å². The summed E-state index contributed by atoms with van der Waals surface area (Å²) >= 11 is 0. The topological polar surface area (TPSA) is 47.6 Å². The molecule has 0 rings (SSSR count). The summed E-state index contributed by atoms with van der Waals surface area (Å²) in [5, 5.41) is 16.5. The summed E-state index contributed by atoms with van der Waals surface area (Å²) in [4.78, 5) is 0. The van der Waals surface area contributed by atoms with Crippen molar-refractivity contribution in [2.75, 3.05) is 0 Å². The Balaban J connectivity index is 3.44. The van der Waals surface area contributed by atoms with Gasteiger partial charge in [-0.3, -0.25) is 0 Å². The maximum Gasteiger partial charge on any atom is 0.0624 e. The largest absolute Gasteiger partial charge is 0.198 e. The van der Waals surface area contributed by atoms with Crippen LogP contribution < -0.4 is 0 Å². The summed E-state index contributed by atoms with van der Waals surface area (Å²) < 4.78 is 0. The number of hydrogen-bond donors (Lipinski definition) is 0. The Labute approximate surface area is 62.1 Å². The van der Waals surface area contributed by atoms with Crippen molar-refractivity contribution in [1.29, 1.82) is 10.5 Å². The summed E-state index contributed by atoms with van der Waals surface area (Å²) in [6.45, 7) is 3.70. The first kappa shape index (κ1) is 8.98.